The van der Waals surface area contributed by atoms with E-state index < -0.39 is 30.4 Å². The molecule has 0 saturated heterocycles. The number of aliphatic carboxylic acids is 1. The highest BCUT2D eigenvalue weighted by molar-refractivity contribution is 5.72. The molecular formula is C6H12O6. The summed E-state index contributed by atoms with van der Waals surface area (Å²) in [7, 11) is 0. The van der Waals surface area contributed by atoms with Gasteiger partial charge < -0.3 is 25.5 Å². The molecule has 0 aliphatic carbocycles. The molecule has 12 heavy (non-hydrogen) atoms. The molecule has 0 aromatic heterocycles. The van der Waals surface area contributed by atoms with Gasteiger partial charge in [0.15, 0.2) is 6.10 Å². The summed E-state index contributed by atoms with van der Waals surface area (Å²) in [6.45, 7) is 1.17. The lowest BCUT2D eigenvalue weighted by atomic mass is 10.0. The molecule has 0 amide bonds. The summed E-state index contributed by atoms with van der Waals surface area (Å²) in [6, 6.07) is 0. The molecule has 0 spiro atoms. The van der Waals surface area contributed by atoms with E-state index in [-0.39, 0.29) is 0 Å². The van der Waals surface area contributed by atoms with Crippen LogP contribution in [0.3, 0.4) is 0 Å². The third-order valence-corrected chi connectivity index (χ3v) is 1.42. The van der Waals surface area contributed by atoms with Crippen molar-refractivity contribution in [3.8, 4) is 0 Å². The van der Waals surface area contributed by atoms with Crippen LogP contribution in [0.15, 0.2) is 0 Å². The summed E-state index contributed by atoms with van der Waals surface area (Å²) in [5, 5.41) is 43.4. The van der Waals surface area contributed by atoms with Crippen molar-refractivity contribution >= 4 is 5.97 Å². The van der Waals surface area contributed by atoms with Crippen molar-refractivity contribution in [1.29, 1.82) is 0 Å². The highest BCUT2D eigenvalue weighted by Crippen LogP contribution is 2.04. The topological polar surface area (TPSA) is 118 Å². The molecule has 0 saturated carbocycles. The Hall–Kier alpha value is -0.690. The number of hydrogen-bond acceptors (Lipinski definition) is 5. The van der Waals surface area contributed by atoms with Gasteiger partial charge in [-0.05, 0) is 6.92 Å². The smallest absolute Gasteiger partial charge is 0.335 e. The summed E-state index contributed by atoms with van der Waals surface area (Å²) in [5.41, 5.74) is 0. The predicted molar refractivity (Wildman–Crippen MR) is 37.3 cm³/mol. The van der Waals surface area contributed by atoms with E-state index in [2.05, 4.69) is 0 Å². The van der Waals surface area contributed by atoms with Crippen LogP contribution >= 0.6 is 0 Å². The van der Waals surface area contributed by atoms with Gasteiger partial charge in [0.2, 0.25) is 0 Å². The lowest BCUT2D eigenvalue weighted by Crippen LogP contribution is -2.46. The summed E-state index contributed by atoms with van der Waals surface area (Å²) in [5.74, 6) is -1.65. The number of carbonyl (C=O) groups is 1. The minimum Gasteiger partial charge on any atom is -0.479 e. The Labute approximate surface area is 68.7 Å². The van der Waals surface area contributed by atoms with Gasteiger partial charge in [-0.2, -0.15) is 0 Å². The van der Waals surface area contributed by atoms with Crippen LogP contribution in [0.2, 0.25) is 0 Å². The first-order valence-corrected chi connectivity index (χ1v) is 3.33. The zero-order valence-corrected chi connectivity index (χ0v) is 6.45. The van der Waals surface area contributed by atoms with E-state index >= 15 is 0 Å². The summed E-state index contributed by atoms with van der Waals surface area (Å²) < 4.78 is 0. The average Bonchev–Trinajstić information content (AvgIpc) is 2.00. The van der Waals surface area contributed by atoms with Gasteiger partial charge in [0.05, 0.1) is 6.10 Å². The molecule has 0 bridgehead atoms. The van der Waals surface area contributed by atoms with Crippen LogP contribution in [0.5, 0.6) is 0 Å². The van der Waals surface area contributed by atoms with Crippen molar-refractivity contribution < 1.29 is 30.3 Å². The number of carboxylic acid groups (broad SMARTS) is 1. The van der Waals surface area contributed by atoms with Crippen LogP contribution in [0.4, 0.5) is 0 Å². The van der Waals surface area contributed by atoms with Gasteiger partial charge >= 0.3 is 5.97 Å². The monoisotopic (exact) mass is 180 g/mol. The number of rotatable bonds is 4. The Bertz CT molecular complexity index is 156. The number of aliphatic hydroxyl groups excluding tert-OH is 4. The molecule has 0 aromatic rings. The lowest BCUT2D eigenvalue weighted by Gasteiger charge is -2.21. The van der Waals surface area contributed by atoms with Crippen LogP contribution in [-0.4, -0.2) is 55.9 Å². The highest BCUT2D eigenvalue weighted by atomic mass is 16.4. The zero-order chi connectivity index (χ0) is 9.89. The number of aliphatic hydroxyl groups is 4. The van der Waals surface area contributed by atoms with Crippen molar-refractivity contribution in [1.82, 2.24) is 0 Å². The normalized spacial score (nSPS) is 21.1. The Kier molecular flexibility index (Phi) is 4.11. The van der Waals surface area contributed by atoms with Crippen LogP contribution in [-0.2, 0) is 4.79 Å². The standard InChI is InChI=1S/C6H12O6/c1-2(7)3(8)4(9)5(10)6(11)12/h2-5,7-10H,1H3,(H,11,12)/t2-,3-,4-,5+/m0/s1. The van der Waals surface area contributed by atoms with Crippen molar-refractivity contribution in [3.05, 3.63) is 0 Å². The molecule has 0 radical (unpaired) electrons. The molecule has 0 aliphatic heterocycles. The molecule has 5 N–H and O–H groups in total. The second-order valence-corrected chi connectivity index (χ2v) is 2.50. The minimum atomic E-state index is -2.09. The van der Waals surface area contributed by atoms with E-state index in [4.69, 9.17) is 25.5 Å². The summed E-state index contributed by atoms with van der Waals surface area (Å²) in [6.07, 6.45) is -6.94. The van der Waals surface area contributed by atoms with Gasteiger partial charge in [-0.15, -0.1) is 0 Å². The fraction of sp³-hybridized carbons (Fsp3) is 0.833. The largest absolute Gasteiger partial charge is 0.479 e. The van der Waals surface area contributed by atoms with Crippen LogP contribution in [0.1, 0.15) is 6.92 Å². The molecule has 6 nitrogen and oxygen atoms in total. The van der Waals surface area contributed by atoms with Crippen molar-refractivity contribution in [3.63, 3.8) is 0 Å². The molecule has 6 heteroatoms. The average molecular weight is 180 g/mol. The van der Waals surface area contributed by atoms with Crippen LogP contribution in [0.25, 0.3) is 0 Å². The summed E-state index contributed by atoms with van der Waals surface area (Å²) in [4.78, 5) is 10.1. The van der Waals surface area contributed by atoms with Gasteiger partial charge in [-0.1, -0.05) is 0 Å². The minimum absolute atomic E-state index is 1.17. The van der Waals surface area contributed by atoms with Gasteiger partial charge in [0.1, 0.15) is 12.2 Å². The Balaban J connectivity index is 4.18. The van der Waals surface area contributed by atoms with E-state index in [1.165, 1.54) is 6.92 Å². The third-order valence-electron chi connectivity index (χ3n) is 1.42. The van der Waals surface area contributed by atoms with E-state index in [1.807, 2.05) is 0 Å². The van der Waals surface area contributed by atoms with Crippen molar-refractivity contribution in [2.45, 2.75) is 31.3 Å². The van der Waals surface area contributed by atoms with Gasteiger partial charge in [-0.25, -0.2) is 4.79 Å². The molecule has 0 rings (SSSR count). The molecular weight excluding hydrogens is 168 g/mol. The van der Waals surface area contributed by atoms with Crippen molar-refractivity contribution in [2.75, 3.05) is 0 Å². The number of carboxylic acids is 1. The SMILES string of the molecule is C[C@H](O)[C@H](O)[C@H](O)[C@@H](O)C(=O)O. The molecule has 0 aliphatic rings. The Morgan fingerprint density at radius 3 is 1.75 bits per heavy atom. The first-order valence-electron chi connectivity index (χ1n) is 3.33. The predicted octanol–water partition coefficient (Wildman–Crippen LogP) is -2.47. The fourth-order valence-electron chi connectivity index (χ4n) is 0.618. The first kappa shape index (κ1) is 11.3. The second-order valence-electron chi connectivity index (χ2n) is 2.50. The molecule has 0 fully saturated rings. The van der Waals surface area contributed by atoms with Gasteiger partial charge in [0.25, 0.3) is 0 Å². The van der Waals surface area contributed by atoms with E-state index in [9.17, 15) is 4.79 Å². The molecule has 0 unspecified atom stereocenters. The van der Waals surface area contributed by atoms with E-state index in [0.29, 0.717) is 0 Å². The van der Waals surface area contributed by atoms with Gasteiger partial charge in [-0.3, -0.25) is 0 Å². The number of hydrogen-bond donors (Lipinski definition) is 5. The van der Waals surface area contributed by atoms with E-state index in [0.717, 1.165) is 0 Å². The van der Waals surface area contributed by atoms with E-state index in [1.54, 1.807) is 0 Å². The summed E-state index contributed by atoms with van der Waals surface area (Å²) >= 11 is 0. The van der Waals surface area contributed by atoms with Crippen LogP contribution in [0, 0.1) is 0 Å². The Morgan fingerprint density at radius 1 is 1.08 bits per heavy atom. The lowest BCUT2D eigenvalue weighted by molar-refractivity contribution is -0.162. The molecule has 72 valence electrons. The first-order chi connectivity index (χ1) is 5.37. The fourth-order valence-corrected chi connectivity index (χ4v) is 0.618. The maximum absolute atomic E-state index is 10.1. The second kappa shape index (κ2) is 4.36. The maximum Gasteiger partial charge on any atom is 0.335 e. The zero-order valence-electron chi connectivity index (χ0n) is 6.45. The van der Waals surface area contributed by atoms with Crippen LogP contribution < -0.4 is 0 Å². The van der Waals surface area contributed by atoms with Gasteiger partial charge in [0, 0.05) is 0 Å². The molecule has 4 atom stereocenters. The third kappa shape index (κ3) is 2.74. The molecule has 0 aromatic carbocycles. The quantitative estimate of drug-likeness (QED) is 0.327. The van der Waals surface area contributed by atoms with Crippen molar-refractivity contribution in [2.24, 2.45) is 0 Å². The molecule has 0 heterocycles. The maximum atomic E-state index is 10.1. The highest BCUT2D eigenvalue weighted by Gasteiger charge is 2.32. The Morgan fingerprint density at radius 2 is 1.50 bits per heavy atom.